The maximum Gasteiger partial charge on any atom is 0.241 e. The normalized spacial score (nSPS) is 13.6. The van der Waals surface area contributed by atoms with E-state index >= 15 is 0 Å². The van der Waals surface area contributed by atoms with Gasteiger partial charge in [0.25, 0.3) is 0 Å². The fourth-order valence-corrected chi connectivity index (χ4v) is 1.17. The Morgan fingerprint density at radius 1 is 1.75 bits per heavy atom. The second kappa shape index (κ2) is 4.63. The van der Waals surface area contributed by atoms with Crippen LogP contribution in [0.2, 0.25) is 0 Å². The molecule has 6 heteroatoms. The molecule has 0 spiro atoms. The number of carbonyl (C=O) groups is 1. The number of amides is 1. The number of nitrogens with one attached hydrogen (secondary N) is 1. The van der Waals surface area contributed by atoms with Gasteiger partial charge in [-0.15, -0.1) is 0 Å². The topological polar surface area (TPSA) is 93.2 Å². The molecule has 0 aliphatic carbocycles. The molecule has 1 aromatic rings. The Kier molecular flexibility index (Phi) is 3.66. The SMILES string of the molecule is Cn1cc(C(N)C(=O)NCC(C)(C)O)cn1. The molecule has 0 aliphatic heterocycles. The van der Waals surface area contributed by atoms with Crippen LogP contribution in [-0.4, -0.2) is 32.9 Å². The smallest absolute Gasteiger partial charge is 0.241 e. The van der Waals surface area contributed by atoms with E-state index in [1.54, 1.807) is 38.0 Å². The molecule has 90 valence electrons. The number of aliphatic hydroxyl groups is 1. The molecular formula is C10H18N4O2. The number of nitrogens with zero attached hydrogens (tertiary/aromatic N) is 2. The number of hydrogen-bond donors (Lipinski definition) is 3. The zero-order valence-electron chi connectivity index (χ0n) is 9.77. The predicted octanol–water partition coefficient (Wildman–Crippen LogP) is -0.693. The van der Waals surface area contributed by atoms with Gasteiger partial charge in [-0.05, 0) is 13.8 Å². The van der Waals surface area contributed by atoms with E-state index in [1.165, 1.54) is 0 Å². The van der Waals surface area contributed by atoms with Crippen LogP contribution in [0.1, 0.15) is 25.5 Å². The summed E-state index contributed by atoms with van der Waals surface area (Å²) >= 11 is 0. The van der Waals surface area contributed by atoms with Crippen molar-refractivity contribution in [3.8, 4) is 0 Å². The molecule has 0 radical (unpaired) electrons. The third-order valence-corrected chi connectivity index (χ3v) is 2.06. The molecule has 1 heterocycles. The summed E-state index contributed by atoms with van der Waals surface area (Å²) in [7, 11) is 1.75. The third-order valence-electron chi connectivity index (χ3n) is 2.06. The molecule has 6 nitrogen and oxygen atoms in total. The number of nitrogens with two attached hydrogens (primary N) is 1. The van der Waals surface area contributed by atoms with E-state index in [0.717, 1.165) is 0 Å². The van der Waals surface area contributed by atoms with E-state index in [9.17, 15) is 9.90 Å². The van der Waals surface area contributed by atoms with Crippen LogP contribution in [0, 0.1) is 0 Å². The monoisotopic (exact) mass is 226 g/mol. The number of aryl methyl sites for hydroxylation is 1. The molecule has 1 amide bonds. The lowest BCUT2D eigenvalue weighted by molar-refractivity contribution is -0.123. The van der Waals surface area contributed by atoms with Gasteiger partial charge >= 0.3 is 0 Å². The summed E-state index contributed by atoms with van der Waals surface area (Å²) in [5.41, 5.74) is 5.44. The molecular weight excluding hydrogens is 208 g/mol. The van der Waals surface area contributed by atoms with Crippen LogP contribution >= 0.6 is 0 Å². The van der Waals surface area contributed by atoms with Crippen LogP contribution in [0.15, 0.2) is 12.4 Å². The lowest BCUT2D eigenvalue weighted by Crippen LogP contribution is -2.42. The highest BCUT2D eigenvalue weighted by Gasteiger charge is 2.20. The molecule has 0 aliphatic rings. The molecule has 16 heavy (non-hydrogen) atoms. The minimum Gasteiger partial charge on any atom is -0.389 e. The summed E-state index contributed by atoms with van der Waals surface area (Å²) in [6.07, 6.45) is 3.24. The first kappa shape index (κ1) is 12.7. The van der Waals surface area contributed by atoms with Crippen LogP contribution in [0.4, 0.5) is 0 Å². The Bertz CT molecular complexity index is 367. The zero-order chi connectivity index (χ0) is 12.3. The van der Waals surface area contributed by atoms with Crippen LogP contribution in [-0.2, 0) is 11.8 Å². The van der Waals surface area contributed by atoms with Crippen molar-refractivity contribution in [1.29, 1.82) is 0 Å². The first-order valence-electron chi connectivity index (χ1n) is 5.04. The Hall–Kier alpha value is -1.40. The average molecular weight is 226 g/mol. The molecule has 1 unspecified atom stereocenters. The van der Waals surface area contributed by atoms with Gasteiger partial charge in [-0.1, -0.05) is 0 Å². The summed E-state index contributed by atoms with van der Waals surface area (Å²) in [6.45, 7) is 3.39. The number of aromatic nitrogens is 2. The molecule has 0 aromatic carbocycles. The largest absolute Gasteiger partial charge is 0.389 e. The van der Waals surface area contributed by atoms with Gasteiger partial charge in [0, 0.05) is 25.4 Å². The molecule has 1 aromatic heterocycles. The Balaban J connectivity index is 2.55. The van der Waals surface area contributed by atoms with Crippen molar-refractivity contribution in [2.24, 2.45) is 12.8 Å². The van der Waals surface area contributed by atoms with Gasteiger partial charge in [0.15, 0.2) is 0 Å². The highest BCUT2D eigenvalue weighted by atomic mass is 16.3. The van der Waals surface area contributed by atoms with Gasteiger partial charge in [-0.3, -0.25) is 9.48 Å². The number of carbonyl (C=O) groups excluding carboxylic acids is 1. The molecule has 0 saturated heterocycles. The third kappa shape index (κ3) is 3.63. The Labute approximate surface area is 94.4 Å². The van der Waals surface area contributed by atoms with E-state index in [1.807, 2.05) is 0 Å². The van der Waals surface area contributed by atoms with Crippen molar-refractivity contribution in [2.45, 2.75) is 25.5 Å². The van der Waals surface area contributed by atoms with E-state index < -0.39 is 11.6 Å². The van der Waals surface area contributed by atoms with Crippen molar-refractivity contribution in [3.05, 3.63) is 18.0 Å². The van der Waals surface area contributed by atoms with Gasteiger partial charge in [0.2, 0.25) is 5.91 Å². The summed E-state index contributed by atoms with van der Waals surface area (Å²) in [5, 5.41) is 16.0. The quantitative estimate of drug-likeness (QED) is 0.633. The predicted molar refractivity (Wildman–Crippen MR) is 59.4 cm³/mol. The Morgan fingerprint density at radius 2 is 2.38 bits per heavy atom. The van der Waals surface area contributed by atoms with Gasteiger partial charge < -0.3 is 16.2 Å². The second-order valence-corrected chi connectivity index (χ2v) is 4.46. The fourth-order valence-electron chi connectivity index (χ4n) is 1.17. The standard InChI is InChI=1S/C10H18N4O2/c1-10(2,16)6-12-9(15)8(11)7-4-13-14(3)5-7/h4-5,8,16H,6,11H2,1-3H3,(H,12,15). The van der Waals surface area contributed by atoms with Gasteiger partial charge in [-0.25, -0.2) is 0 Å². The Morgan fingerprint density at radius 3 is 2.81 bits per heavy atom. The van der Waals surface area contributed by atoms with Gasteiger partial charge in [-0.2, -0.15) is 5.10 Å². The van der Waals surface area contributed by atoms with Crippen LogP contribution in [0.25, 0.3) is 0 Å². The lowest BCUT2D eigenvalue weighted by Gasteiger charge is -2.19. The zero-order valence-corrected chi connectivity index (χ0v) is 9.77. The number of hydrogen-bond acceptors (Lipinski definition) is 4. The van der Waals surface area contributed by atoms with Crippen molar-refractivity contribution < 1.29 is 9.90 Å². The van der Waals surface area contributed by atoms with E-state index in [2.05, 4.69) is 10.4 Å². The minimum atomic E-state index is -0.940. The first-order chi connectivity index (χ1) is 7.29. The maximum atomic E-state index is 11.6. The maximum absolute atomic E-state index is 11.6. The van der Waals surface area contributed by atoms with Gasteiger partial charge in [0.05, 0.1) is 11.8 Å². The van der Waals surface area contributed by atoms with Crippen LogP contribution in [0.3, 0.4) is 0 Å². The molecule has 1 atom stereocenters. The average Bonchev–Trinajstić information content (AvgIpc) is 2.59. The van der Waals surface area contributed by atoms with E-state index in [4.69, 9.17) is 5.73 Å². The number of rotatable bonds is 4. The molecule has 0 fully saturated rings. The fraction of sp³-hybridized carbons (Fsp3) is 0.600. The highest BCUT2D eigenvalue weighted by molar-refractivity contribution is 5.82. The summed E-state index contributed by atoms with van der Waals surface area (Å²) < 4.78 is 1.58. The molecule has 4 N–H and O–H groups in total. The molecule has 0 bridgehead atoms. The summed E-state index contributed by atoms with van der Waals surface area (Å²) in [6, 6.07) is -0.754. The second-order valence-electron chi connectivity index (χ2n) is 4.46. The first-order valence-corrected chi connectivity index (χ1v) is 5.04. The van der Waals surface area contributed by atoms with Crippen LogP contribution in [0.5, 0.6) is 0 Å². The molecule has 0 saturated carbocycles. The van der Waals surface area contributed by atoms with Crippen molar-refractivity contribution in [3.63, 3.8) is 0 Å². The van der Waals surface area contributed by atoms with E-state index in [0.29, 0.717) is 5.56 Å². The summed E-state index contributed by atoms with van der Waals surface area (Å²) in [5.74, 6) is -0.324. The summed E-state index contributed by atoms with van der Waals surface area (Å²) in [4.78, 5) is 11.6. The van der Waals surface area contributed by atoms with Crippen molar-refractivity contribution in [1.82, 2.24) is 15.1 Å². The van der Waals surface area contributed by atoms with E-state index in [-0.39, 0.29) is 12.5 Å². The van der Waals surface area contributed by atoms with Gasteiger partial charge in [0.1, 0.15) is 6.04 Å². The van der Waals surface area contributed by atoms with Crippen molar-refractivity contribution >= 4 is 5.91 Å². The highest BCUT2D eigenvalue weighted by Crippen LogP contribution is 2.08. The van der Waals surface area contributed by atoms with Crippen molar-refractivity contribution in [2.75, 3.05) is 6.54 Å². The minimum absolute atomic E-state index is 0.166. The lowest BCUT2D eigenvalue weighted by atomic mass is 10.1. The van der Waals surface area contributed by atoms with Crippen LogP contribution < -0.4 is 11.1 Å². The molecule has 1 rings (SSSR count).